The van der Waals surface area contributed by atoms with Gasteiger partial charge < -0.3 is 16.0 Å². The van der Waals surface area contributed by atoms with Gasteiger partial charge in [0.1, 0.15) is 0 Å². The summed E-state index contributed by atoms with van der Waals surface area (Å²) in [4.78, 5) is 28.1. The fourth-order valence-corrected chi connectivity index (χ4v) is 2.12. The number of benzene rings is 1. The maximum atomic E-state index is 12.0. The maximum Gasteiger partial charge on any atom is 0.319 e. The number of urea groups is 1. The number of nitrogens with zero attached hydrogens (tertiary/aromatic N) is 1. The molecule has 1 heterocycles. The fourth-order valence-electron chi connectivity index (χ4n) is 2.12. The number of pyridine rings is 1. The van der Waals surface area contributed by atoms with Crippen molar-refractivity contribution in [1.29, 1.82) is 0 Å². The zero-order valence-electron chi connectivity index (χ0n) is 14.0. The van der Waals surface area contributed by atoms with Gasteiger partial charge in [-0.1, -0.05) is 6.07 Å². The summed E-state index contributed by atoms with van der Waals surface area (Å²) in [6.45, 7) is 5.67. The number of hydrogen-bond donors (Lipinski definition) is 3. The van der Waals surface area contributed by atoms with Crippen LogP contribution in [0.2, 0.25) is 0 Å². The number of aromatic nitrogens is 1. The minimum absolute atomic E-state index is 0.0779. The van der Waals surface area contributed by atoms with Crippen LogP contribution in [0, 0.1) is 0 Å². The molecule has 126 valence electrons. The van der Waals surface area contributed by atoms with E-state index in [1.54, 1.807) is 30.5 Å². The van der Waals surface area contributed by atoms with E-state index in [-0.39, 0.29) is 24.0 Å². The number of carbonyl (C=O) groups is 2. The number of hydrogen-bond acceptors (Lipinski definition) is 3. The smallest absolute Gasteiger partial charge is 0.319 e. The Morgan fingerprint density at radius 3 is 2.25 bits per heavy atom. The van der Waals surface area contributed by atoms with Crippen molar-refractivity contribution >= 4 is 17.6 Å². The molecule has 0 aliphatic heterocycles. The SMILES string of the molecule is CC(C)NC(=O)c1ccc(NC(=O)N[C@@H](C)c2ccccn2)cc1. The van der Waals surface area contributed by atoms with Crippen LogP contribution in [0.25, 0.3) is 0 Å². The van der Waals surface area contributed by atoms with Crippen LogP contribution in [0.4, 0.5) is 10.5 Å². The van der Waals surface area contributed by atoms with Crippen LogP contribution in [-0.4, -0.2) is 23.0 Å². The summed E-state index contributed by atoms with van der Waals surface area (Å²) in [5, 5.41) is 8.37. The predicted molar refractivity (Wildman–Crippen MR) is 93.9 cm³/mol. The van der Waals surface area contributed by atoms with Gasteiger partial charge in [-0.15, -0.1) is 0 Å². The van der Waals surface area contributed by atoms with Gasteiger partial charge in [-0.25, -0.2) is 4.79 Å². The van der Waals surface area contributed by atoms with Gasteiger partial charge in [-0.05, 0) is 57.2 Å². The van der Waals surface area contributed by atoms with E-state index in [1.165, 1.54) is 0 Å². The Bertz CT molecular complexity index is 684. The Labute approximate surface area is 141 Å². The van der Waals surface area contributed by atoms with Gasteiger partial charge in [0.2, 0.25) is 0 Å². The van der Waals surface area contributed by atoms with Crippen LogP contribution in [0.5, 0.6) is 0 Å². The Morgan fingerprint density at radius 1 is 0.958 bits per heavy atom. The van der Waals surface area contributed by atoms with Crippen LogP contribution >= 0.6 is 0 Å². The quantitative estimate of drug-likeness (QED) is 0.789. The standard InChI is InChI=1S/C18H22N4O2/c1-12(2)20-17(23)14-7-9-15(10-8-14)22-18(24)21-13(3)16-6-4-5-11-19-16/h4-13H,1-3H3,(H,20,23)(H2,21,22,24)/t13-/m0/s1. The van der Waals surface area contributed by atoms with Crippen molar-refractivity contribution in [3.63, 3.8) is 0 Å². The van der Waals surface area contributed by atoms with Gasteiger partial charge in [-0.2, -0.15) is 0 Å². The molecule has 24 heavy (non-hydrogen) atoms. The normalized spacial score (nSPS) is 11.7. The molecule has 1 aromatic heterocycles. The summed E-state index contributed by atoms with van der Waals surface area (Å²) in [6.07, 6.45) is 1.69. The first kappa shape index (κ1) is 17.5. The van der Waals surface area contributed by atoms with E-state index in [4.69, 9.17) is 0 Å². The molecule has 0 unspecified atom stereocenters. The van der Waals surface area contributed by atoms with Crippen molar-refractivity contribution in [2.75, 3.05) is 5.32 Å². The van der Waals surface area contributed by atoms with Crippen LogP contribution in [-0.2, 0) is 0 Å². The van der Waals surface area contributed by atoms with Crippen molar-refractivity contribution in [2.45, 2.75) is 32.9 Å². The number of rotatable bonds is 5. The van der Waals surface area contributed by atoms with Crippen molar-refractivity contribution in [3.8, 4) is 0 Å². The fraction of sp³-hybridized carbons (Fsp3) is 0.278. The van der Waals surface area contributed by atoms with E-state index in [2.05, 4.69) is 20.9 Å². The lowest BCUT2D eigenvalue weighted by Gasteiger charge is -2.14. The lowest BCUT2D eigenvalue weighted by Crippen LogP contribution is -2.31. The van der Waals surface area contributed by atoms with Crippen molar-refractivity contribution < 1.29 is 9.59 Å². The minimum Gasteiger partial charge on any atom is -0.350 e. The van der Waals surface area contributed by atoms with E-state index >= 15 is 0 Å². The van der Waals surface area contributed by atoms with Gasteiger partial charge >= 0.3 is 6.03 Å². The van der Waals surface area contributed by atoms with Crippen LogP contribution in [0.3, 0.4) is 0 Å². The van der Waals surface area contributed by atoms with Crippen LogP contribution < -0.4 is 16.0 Å². The summed E-state index contributed by atoms with van der Waals surface area (Å²) >= 11 is 0. The molecule has 0 bridgehead atoms. The van der Waals surface area contributed by atoms with Crippen molar-refractivity contribution in [2.24, 2.45) is 0 Å². The Balaban J connectivity index is 1.91. The first-order chi connectivity index (χ1) is 11.5. The molecule has 0 spiro atoms. The van der Waals surface area contributed by atoms with Gasteiger partial charge in [0.15, 0.2) is 0 Å². The minimum atomic E-state index is -0.326. The molecule has 1 atom stereocenters. The highest BCUT2D eigenvalue weighted by atomic mass is 16.2. The highest BCUT2D eigenvalue weighted by Crippen LogP contribution is 2.11. The van der Waals surface area contributed by atoms with E-state index in [1.807, 2.05) is 39.0 Å². The second kappa shape index (κ2) is 8.10. The molecule has 0 aliphatic carbocycles. The average Bonchev–Trinajstić information content (AvgIpc) is 2.55. The van der Waals surface area contributed by atoms with Gasteiger partial charge in [0, 0.05) is 23.5 Å². The third-order valence-electron chi connectivity index (χ3n) is 3.30. The highest BCUT2D eigenvalue weighted by Gasteiger charge is 2.11. The Hall–Kier alpha value is -2.89. The zero-order valence-corrected chi connectivity index (χ0v) is 14.0. The summed E-state index contributed by atoms with van der Waals surface area (Å²) in [7, 11) is 0. The third-order valence-corrected chi connectivity index (χ3v) is 3.30. The maximum absolute atomic E-state index is 12.0. The molecular formula is C18H22N4O2. The molecule has 3 N–H and O–H groups in total. The number of anilines is 1. The van der Waals surface area contributed by atoms with E-state index in [0.29, 0.717) is 11.3 Å². The molecule has 0 saturated carbocycles. The highest BCUT2D eigenvalue weighted by molar-refractivity contribution is 5.95. The number of amides is 3. The molecule has 2 rings (SSSR count). The predicted octanol–water partition coefficient (Wildman–Crippen LogP) is 3.10. The zero-order chi connectivity index (χ0) is 17.5. The molecule has 2 aromatic rings. The Kier molecular flexibility index (Phi) is 5.89. The molecule has 0 radical (unpaired) electrons. The molecular weight excluding hydrogens is 304 g/mol. The monoisotopic (exact) mass is 326 g/mol. The van der Waals surface area contributed by atoms with E-state index < -0.39 is 0 Å². The van der Waals surface area contributed by atoms with Crippen LogP contribution in [0.1, 0.15) is 42.9 Å². The molecule has 1 aromatic carbocycles. The largest absolute Gasteiger partial charge is 0.350 e. The van der Waals surface area contributed by atoms with Gasteiger partial charge in [0.05, 0.1) is 11.7 Å². The Morgan fingerprint density at radius 2 is 1.67 bits per heavy atom. The molecule has 0 fully saturated rings. The summed E-state index contributed by atoms with van der Waals surface area (Å²) < 4.78 is 0. The summed E-state index contributed by atoms with van der Waals surface area (Å²) in [6, 6.07) is 11.8. The van der Waals surface area contributed by atoms with Gasteiger partial charge in [-0.3, -0.25) is 9.78 Å². The van der Waals surface area contributed by atoms with Gasteiger partial charge in [0.25, 0.3) is 5.91 Å². The summed E-state index contributed by atoms with van der Waals surface area (Å²) in [5.41, 5.74) is 1.95. The molecule has 0 aliphatic rings. The molecule has 6 heteroatoms. The molecule has 0 saturated heterocycles. The molecule has 3 amide bonds. The van der Waals surface area contributed by atoms with Crippen LogP contribution in [0.15, 0.2) is 48.7 Å². The van der Waals surface area contributed by atoms with E-state index in [0.717, 1.165) is 5.69 Å². The summed E-state index contributed by atoms with van der Waals surface area (Å²) in [5.74, 6) is -0.134. The first-order valence-corrected chi connectivity index (χ1v) is 7.85. The molecule has 6 nitrogen and oxygen atoms in total. The number of nitrogens with one attached hydrogen (secondary N) is 3. The lowest BCUT2D eigenvalue weighted by molar-refractivity contribution is 0.0943. The second-order valence-electron chi connectivity index (χ2n) is 5.78. The van der Waals surface area contributed by atoms with Crippen molar-refractivity contribution in [3.05, 3.63) is 59.9 Å². The lowest BCUT2D eigenvalue weighted by atomic mass is 10.2. The number of carbonyl (C=O) groups excluding carboxylic acids is 2. The third kappa shape index (κ3) is 5.08. The second-order valence-corrected chi connectivity index (χ2v) is 5.78. The first-order valence-electron chi connectivity index (χ1n) is 7.85. The van der Waals surface area contributed by atoms with E-state index in [9.17, 15) is 9.59 Å². The topological polar surface area (TPSA) is 83.1 Å². The average molecular weight is 326 g/mol. The van der Waals surface area contributed by atoms with Crippen molar-refractivity contribution in [1.82, 2.24) is 15.6 Å².